The number of aliphatic hydroxyl groups is 1. The summed E-state index contributed by atoms with van der Waals surface area (Å²) in [6.45, 7) is 3.30. The van der Waals surface area contributed by atoms with E-state index in [-0.39, 0.29) is 6.10 Å². The Morgan fingerprint density at radius 3 is 2.35 bits per heavy atom. The standard InChI is InChI=1S/C14H22OSe.C2H4O2/c1-2-3-4-6-9-13(15)12-16-14-10-7-5-8-11-14;1-2(3)4/h5,7-8,10-11,13,15H,2-4,6,9,12H2,1H3;1H3,(H,3,4). The molecule has 0 aliphatic heterocycles. The number of carboxylic acids is 1. The van der Waals surface area contributed by atoms with Crippen LogP contribution in [0.5, 0.6) is 0 Å². The number of aliphatic carboxylic acids is 1. The van der Waals surface area contributed by atoms with E-state index in [1.165, 1.54) is 30.1 Å². The number of unbranched alkanes of at least 4 members (excludes halogenated alkanes) is 3. The first kappa shape index (κ1) is 19.2. The summed E-state index contributed by atoms with van der Waals surface area (Å²) in [6, 6.07) is 10.5. The summed E-state index contributed by atoms with van der Waals surface area (Å²) in [4.78, 5) is 9.00. The summed E-state index contributed by atoms with van der Waals surface area (Å²) >= 11 is 0.436. The maximum atomic E-state index is 9.83. The van der Waals surface area contributed by atoms with Gasteiger partial charge in [-0.2, -0.15) is 0 Å². The van der Waals surface area contributed by atoms with Gasteiger partial charge in [-0.15, -0.1) is 0 Å². The Morgan fingerprint density at radius 2 is 1.80 bits per heavy atom. The number of hydrogen-bond acceptors (Lipinski definition) is 2. The molecule has 20 heavy (non-hydrogen) atoms. The predicted molar refractivity (Wildman–Crippen MR) is 84.7 cm³/mol. The second kappa shape index (κ2) is 13.2. The van der Waals surface area contributed by atoms with Crippen molar-refractivity contribution >= 4 is 25.4 Å². The molecule has 1 aromatic rings. The molecule has 0 aliphatic rings. The van der Waals surface area contributed by atoms with Crippen LogP contribution in [0, 0.1) is 0 Å². The van der Waals surface area contributed by atoms with Gasteiger partial charge in [-0.1, -0.05) is 0 Å². The Morgan fingerprint density at radius 1 is 1.20 bits per heavy atom. The van der Waals surface area contributed by atoms with Crippen LogP contribution in [0.25, 0.3) is 0 Å². The van der Waals surface area contributed by atoms with Crippen LogP contribution in [-0.4, -0.2) is 37.2 Å². The zero-order chi connectivity index (χ0) is 15.2. The number of benzene rings is 1. The number of aliphatic hydroxyl groups excluding tert-OH is 1. The van der Waals surface area contributed by atoms with Crippen LogP contribution in [0.3, 0.4) is 0 Å². The van der Waals surface area contributed by atoms with E-state index in [9.17, 15) is 5.11 Å². The van der Waals surface area contributed by atoms with Gasteiger partial charge in [-0.05, 0) is 0 Å². The molecule has 3 nitrogen and oxygen atoms in total. The minimum absolute atomic E-state index is 0.0861. The van der Waals surface area contributed by atoms with Gasteiger partial charge in [0.25, 0.3) is 5.97 Å². The fourth-order valence-corrected chi connectivity index (χ4v) is 3.49. The van der Waals surface area contributed by atoms with Crippen molar-refractivity contribution in [1.29, 1.82) is 0 Å². The molecule has 4 heteroatoms. The van der Waals surface area contributed by atoms with E-state index in [2.05, 4.69) is 31.2 Å². The molecule has 0 heterocycles. The van der Waals surface area contributed by atoms with Gasteiger partial charge in [0, 0.05) is 6.92 Å². The Hall–Kier alpha value is -0.831. The molecule has 2 N–H and O–H groups in total. The molecule has 0 saturated heterocycles. The summed E-state index contributed by atoms with van der Waals surface area (Å²) in [6.07, 6.45) is 5.91. The maximum absolute atomic E-state index is 9.83. The van der Waals surface area contributed by atoms with Crippen LogP contribution >= 0.6 is 0 Å². The molecule has 0 bridgehead atoms. The molecule has 0 radical (unpaired) electrons. The summed E-state index contributed by atoms with van der Waals surface area (Å²) in [5, 5.41) is 18.2. The van der Waals surface area contributed by atoms with Crippen molar-refractivity contribution in [2.24, 2.45) is 0 Å². The number of hydrogen-bond donors (Lipinski definition) is 2. The number of carboxylic acid groups (broad SMARTS) is 1. The van der Waals surface area contributed by atoms with Crippen LogP contribution in [-0.2, 0) is 4.79 Å². The molecule has 0 saturated carbocycles. The molecule has 0 spiro atoms. The SMILES string of the molecule is CC(=O)O.CCCCCCC(O)C[Se]c1ccccc1. The molecule has 0 aromatic heterocycles. The van der Waals surface area contributed by atoms with Gasteiger partial charge in [0.15, 0.2) is 0 Å². The average Bonchev–Trinajstić information content (AvgIpc) is 2.42. The summed E-state index contributed by atoms with van der Waals surface area (Å²) in [5.74, 6) is -0.833. The fraction of sp³-hybridized carbons (Fsp3) is 0.562. The van der Waals surface area contributed by atoms with Crippen LogP contribution in [0.2, 0.25) is 5.32 Å². The van der Waals surface area contributed by atoms with Gasteiger partial charge in [-0.25, -0.2) is 0 Å². The summed E-state index contributed by atoms with van der Waals surface area (Å²) in [5.41, 5.74) is 0. The van der Waals surface area contributed by atoms with Crippen molar-refractivity contribution < 1.29 is 15.0 Å². The Kier molecular flexibility index (Phi) is 12.6. The molecule has 0 aliphatic carbocycles. The quantitative estimate of drug-likeness (QED) is 0.563. The van der Waals surface area contributed by atoms with E-state index < -0.39 is 5.97 Å². The monoisotopic (exact) mass is 346 g/mol. The number of carbonyl (C=O) groups is 1. The Balaban J connectivity index is 0.000000796. The van der Waals surface area contributed by atoms with Crippen molar-refractivity contribution in [2.75, 3.05) is 0 Å². The Bertz CT molecular complexity index is 337. The first-order chi connectivity index (χ1) is 9.56. The minimum atomic E-state index is -0.833. The Labute approximate surface area is 128 Å². The second-order valence-corrected chi connectivity index (χ2v) is 6.94. The summed E-state index contributed by atoms with van der Waals surface area (Å²) in [7, 11) is 0. The normalized spacial score (nSPS) is 11.3. The zero-order valence-corrected chi connectivity index (χ0v) is 14.1. The van der Waals surface area contributed by atoms with E-state index >= 15 is 0 Å². The van der Waals surface area contributed by atoms with E-state index in [1.807, 2.05) is 6.07 Å². The predicted octanol–water partition coefficient (Wildman–Crippen LogP) is 2.86. The van der Waals surface area contributed by atoms with Gasteiger partial charge in [-0.3, -0.25) is 4.79 Å². The van der Waals surface area contributed by atoms with E-state index in [4.69, 9.17) is 9.90 Å². The molecule has 1 rings (SSSR count). The third-order valence-electron chi connectivity index (χ3n) is 2.58. The van der Waals surface area contributed by atoms with E-state index in [0.717, 1.165) is 18.7 Å². The third kappa shape index (κ3) is 13.6. The van der Waals surface area contributed by atoms with Crippen LogP contribution < -0.4 is 4.46 Å². The van der Waals surface area contributed by atoms with Crippen LogP contribution in [0.1, 0.15) is 46.0 Å². The second-order valence-electron chi connectivity index (χ2n) is 4.65. The molecule has 1 unspecified atom stereocenters. The van der Waals surface area contributed by atoms with Gasteiger partial charge in [0.1, 0.15) is 0 Å². The van der Waals surface area contributed by atoms with Crippen LogP contribution in [0.15, 0.2) is 30.3 Å². The molecule has 1 aromatic carbocycles. The van der Waals surface area contributed by atoms with Crippen molar-refractivity contribution in [3.8, 4) is 0 Å². The molecule has 0 amide bonds. The first-order valence-electron chi connectivity index (χ1n) is 7.11. The topological polar surface area (TPSA) is 57.5 Å². The third-order valence-corrected chi connectivity index (χ3v) is 5.00. The van der Waals surface area contributed by atoms with E-state index in [0.29, 0.717) is 15.0 Å². The van der Waals surface area contributed by atoms with Gasteiger partial charge < -0.3 is 5.11 Å². The van der Waals surface area contributed by atoms with Crippen molar-refractivity contribution in [1.82, 2.24) is 0 Å². The van der Waals surface area contributed by atoms with E-state index in [1.54, 1.807) is 0 Å². The molecular formula is C16H26O3Se. The number of rotatable bonds is 8. The molecule has 114 valence electrons. The fourth-order valence-electron chi connectivity index (χ4n) is 1.60. The van der Waals surface area contributed by atoms with Crippen LogP contribution in [0.4, 0.5) is 0 Å². The van der Waals surface area contributed by atoms with Gasteiger partial charge in [0.2, 0.25) is 0 Å². The first-order valence-corrected chi connectivity index (χ1v) is 9.18. The van der Waals surface area contributed by atoms with Crippen molar-refractivity contribution in [3.63, 3.8) is 0 Å². The summed E-state index contributed by atoms with van der Waals surface area (Å²) < 4.78 is 1.39. The van der Waals surface area contributed by atoms with Crippen molar-refractivity contribution in [2.45, 2.75) is 57.4 Å². The average molecular weight is 345 g/mol. The zero-order valence-electron chi connectivity index (χ0n) is 12.4. The van der Waals surface area contributed by atoms with Crippen molar-refractivity contribution in [3.05, 3.63) is 30.3 Å². The van der Waals surface area contributed by atoms with Gasteiger partial charge in [0.05, 0.1) is 0 Å². The van der Waals surface area contributed by atoms with Gasteiger partial charge >= 0.3 is 105 Å². The molecule has 1 atom stereocenters. The molecule has 0 fully saturated rings. The molecular weight excluding hydrogens is 319 g/mol.